The van der Waals surface area contributed by atoms with Gasteiger partial charge in [-0.15, -0.1) is 0 Å². The number of anilines is 2. The molecule has 136 valence electrons. The molecular formula is C18H32N4O2. The minimum absolute atomic E-state index is 0.325. The Hall–Kier alpha value is -1.95. The number of carbonyl (C=O) groups excluding carboxylic acids is 1. The highest BCUT2D eigenvalue weighted by molar-refractivity contribution is 5.78. The highest BCUT2D eigenvalue weighted by Crippen LogP contribution is 2.20. The minimum atomic E-state index is 0.325. The standard InChI is InChI=1S/C14H20N4O2.2C2H6/c1-3-4-11-9-15-14(17-13(11)18(2)10-19)16-12-5-7-20-8-6-12;2*1-2/h3-4,9-10,12H,5-8H2,1-2H3,(H,15,16,17);2*1-2H3/b4-3-;;. The third kappa shape index (κ3) is 7.08. The molecule has 1 N–H and O–H groups in total. The van der Waals surface area contributed by atoms with E-state index >= 15 is 0 Å². The van der Waals surface area contributed by atoms with Crippen LogP contribution in [-0.2, 0) is 9.53 Å². The summed E-state index contributed by atoms with van der Waals surface area (Å²) in [7, 11) is 1.68. The van der Waals surface area contributed by atoms with E-state index in [1.54, 1.807) is 13.2 Å². The van der Waals surface area contributed by atoms with E-state index in [4.69, 9.17) is 4.74 Å². The summed E-state index contributed by atoms with van der Waals surface area (Å²) in [4.78, 5) is 21.2. The van der Waals surface area contributed by atoms with E-state index in [1.807, 2.05) is 46.8 Å². The number of nitrogens with one attached hydrogen (secondary N) is 1. The fraction of sp³-hybridized carbons (Fsp3) is 0.611. The second kappa shape index (κ2) is 13.5. The number of rotatable bonds is 5. The summed E-state index contributed by atoms with van der Waals surface area (Å²) in [5.74, 6) is 1.15. The Morgan fingerprint density at radius 1 is 1.25 bits per heavy atom. The molecule has 1 aliphatic heterocycles. The topological polar surface area (TPSA) is 67.4 Å². The summed E-state index contributed by atoms with van der Waals surface area (Å²) in [6.45, 7) is 11.4. The van der Waals surface area contributed by atoms with Gasteiger partial charge in [0.1, 0.15) is 5.82 Å². The van der Waals surface area contributed by atoms with E-state index in [0.717, 1.165) is 38.0 Å². The Balaban J connectivity index is 0.00000123. The van der Waals surface area contributed by atoms with Gasteiger partial charge in [-0.25, -0.2) is 4.98 Å². The second-order valence-electron chi connectivity index (χ2n) is 4.72. The third-order valence-corrected chi connectivity index (χ3v) is 3.19. The van der Waals surface area contributed by atoms with Crippen LogP contribution < -0.4 is 10.2 Å². The van der Waals surface area contributed by atoms with E-state index in [-0.39, 0.29) is 0 Å². The van der Waals surface area contributed by atoms with Crippen LogP contribution in [0.25, 0.3) is 6.08 Å². The molecule has 24 heavy (non-hydrogen) atoms. The summed E-state index contributed by atoms with van der Waals surface area (Å²) in [5, 5.41) is 3.30. The molecule has 0 aromatic carbocycles. The average Bonchev–Trinajstić information content (AvgIpc) is 2.66. The molecule has 1 saturated heterocycles. The van der Waals surface area contributed by atoms with E-state index in [9.17, 15) is 4.79 Å². The summed E-state index contributed by atoms with van der Waals surface area (Å²) in [5.41, 5.74) is 0.819. The molecule has 0 unspecified atom stereocenters. The summed E-state index contributed by atoms with van der Waals surface area (Å²) in [6.07, 6.45) is 8.13. The highest BCUT2D eigenvalue weighted by Gasteiger charge is 2.16. The first-order valence-electron chi connectivity index (χ1n) is 8.76. The lowest BCUT2D eigenvalue weighted by Crippen LogP contribution is -2.29. The van der Waals surface area contributed by atoms with E-state index in [2.05, 4.69) is 15.3 Å². The molecule has 6 nitrogen and oxygen atoms in total. The molecule has 0 radical (unpaired) electrons. The first-order chi connectivity index (χ1) is 11.7. The second-order valence-corrected chi connectivity index (χ2v) is 4.72. The van der Waals surface area contributed by atoms with E-state index in [1.165, 1.54) is 4.90 Å². The molecule has 1 fully saturated rings. The lowest BCUT2D eigenvalue weighted by Gasteiger charge is -2.23. The van der Waals surface area contributed by atoms with Crippen LogP contribution in [-0.4, -0.2) is 42.7 Å². The maximum absolute atomic E-state index is 11.0. The maximum atomic E-state index is 11.0. The predicted octanol–water partition coefficient (Wildman–Crippen LogP) is 3.75. The maximum Gasteiger partial charge on any atom is 0.224 e. The molecule has 1 aromatic rings. The van der Waals surface area contributed by atoms with Crippen molar-refractivity contribution in [2.24, 2.45) is 0 Å². The van der Waals surface area contributed by atoms with Crippen molar-refractivity contribution < 1.29 is 9.53 Å². The summed E-state index contributed by atoms with van der Waals surface area (Å²) >= 11 is 0. The zero-order chi connectivity index (χ0) is 18.4. The van der Waals surface area contributed by atoms with Gasteiger partial charge < -0.3 is 15.0 Å². The lowest BCUT2D eigenvalue weighted by atomic mass is 10.1. The zero-order valence-electron chi connectivity index (χ0n) is 15.9. The molecule has 0 bridgehead atoms. The van der Waals surface area contributed by atoms with Crippen molar-refractivity contribution in [3.63, 3.8) is 0 Å². The van der Waals surface area contributed by atoms with Crippen molar-refractivity contribution in [1.82, 2.24) is 9.97 Å². The van der Waals surface area contributed by atoms with Crippen molar-refractivity contribution in [1.29, 1.82) is 0 Å². The van der Waals surface area contributed by atoms with Gasteiger partial charge in [0.2, 0.25) is 12.4 Å². The molecule has 1 amide bonds. The van der Waals surface area contributed by atoms with Crippen LogP contribution in [0.1, 0.15) is 53.0 Å². The largest absolute Gasteiger partial charge is 0.381 e. The van der Waals surface area contributed by atoms with Crippen LogP contribution >= 0.6 is 0 Å². The molecule has 6 heteroatoms. The number of nitrogens with zero attached hydrogens (tertiary/aromatic N) is 3. The van der Waals surface area contributed by atoms with Gasteiger partial charge in [0, 0.05) is 38.1 Å². The van der Waals surface area contributed by atoms with Crippen LogP contribution in [0.4, 0.5) is 11.8 Å². The fourth-order valence-corrected chi connectivity index (χ4v) is 2.11. The van der Waals surface area contributed by atoms with Gasteiger partial charge in [-0.3, -0.25) is 4.79 Å². The molecular weight excluding hydrogens is 304 g/mol. The van der Waals surface area contributed by atoms with Crippen LogP contribution in [0.3, 0.4) is 0 Å². The van der Waals surface area contributed by atoms with Crippen LogP contribution in [0.15, 0.2) is 12.3 Å². The predicted molar refractivity (Wildman–Crippen MR) is 101 cm³/mol. The van der Waals surface area contributed by atoms with Crippen LogP contribution in [0, 0.1) is 0 Å². The van der Waals surface area contributed by atoms with Gasteiger partial charge >= 0.3 is 0 Å². The van der Waals surface area contributed by atoms with Crippen molar-refractivity contribution >= 4 is 24.3 Å². The average molecular weight is 336 g/mol. The Kier molecular flexibility index (Phi) is 12.4. The monoisotopic (exact) mass is 336 g/mol. The lowest BCUT2D eigenvalue weighted by molar-refractivity contribution is -0.107. The SMILES string of the molecule is C/C=C\c1cnc(NC2CCOCC2)nc1N(C)C=O.CC.CC. The number of ether oxygens (including phenoxy) is 1. The first kappa shape index (κ1) is 22.1. The molecule has 1 aliphatic rings. The number of allylic oxidation sites excluding steroid dienone is 1. The number of hydrogen-bond donors (Lipinski definition) is 1. The van der Waals surface area contributed by atoms with Crippen molar-refractivity contribution in [2.75, 3.05) is 30.5 Å². The van der Waals surface area contributed by atoms with Crippen molar-refractivity contribution in [2.45, 2.75) is 53.5 Å². The Bertz CT molecular complexity index is 486. The normalized spacial score (nSPS) is 14.1. The molecule has 0 atom stereocenters. The molecule has 0 spiro atoms. The minimum Gasteiger partial charge on any atom is -0.381 e. The van der Waals surface area contributed by atoms with E-state index in [0.29, 0.717) is 17.8 Å². The molecule has 2 rings (SSSR count). The first-order valence-corrected chi connectivity index (χ1v) is 8.76. The van der Waals surface area contributed by atoms with Crippen molar-refractivity contribution in [3.8, 4) is 0 Å². The fourth-order valence-electron chi connectivity index (χ4n) is 2.11. The van der Waals surface area contributed by atoms with Gasteiger partial charge in [-0.05, 0) is 19.8 Å². The van der Waals surface area contributed by atoms with Crippen LogP contribution in [0.2, 0.25) is 0 Å². The number of amides is 1. The summed E-state index contributed by atoms with van der Waals surface area (Å²) in [6, 6.07) is 0.325. The molecule has 2 heterocycles. The summed E-state index contributed by atoms with van der Waals surface area (Å²) < 4.78 is 5.32. The molecule has 0 aliphatic carbocycles. The van der Waals surface area contributed by atoms with Gasteiger partial charge in [0.25, 0.3) is 0 Å². The quantitative estimate of drug-likeness (QED) is 0.830. The van der Waals surface area contributed by atoms with Gasteiger partial charge in [0.05, 0.1) is 0 Å². The van der Waals surface area contributed by atoms with Crippen LogP contribution in [0.5, 0.6) is 0 Å². The third-order valence-electron chi connectivity index (χ3n) is 3.19. The smallest absolute Gasteiger partial charge is 0.224 e. The van der Waals surface area contributed by atoms with Gasteiger partial charge in [0.15, 0.2) is 0 Å². The Labute approximate surface area is 146 Å². The Morgan fingerprint density at radius 3 is 2.42 bits per heavy atom. The number of aromatic nitrogens is 2. The zero-order valence-corrected chi connectivity index (χ0v) is 15.9. The molecule has 1 aromatic heterocycles. The van der Waals surface area contributed by atoms with Crippen molar-refractivity contribution in [3.05, 3.63) is 17.8 Å². The number of carbonyl (C=O) groups is 1. The molecule has 0 saturated carbocycles. The Morgan fingerprint density at radius 2 is 1.88 bits per heavy atom. The van der Waals surface area contributed by atoms with E-state index < -0.39 is 0 Å². The van der Waals surface area contributed by atoms with Gasteiger partial charge in [-0.1, -0.05) is 39.8 Å². The highest BCUT2D eigenvalue weighted by atomic mass is 16.5. The van der Waals surface area contributed by atoms with Gasteiger partial charge in [-0.2, -0.15) is 4.98 Å². The number of hydrogen-bond acceptors (Lipinski definition) is 5.